The summed E-state index contributed by atoms with van der Waals surface area (Å²) in [4.78, 5) is 30.2. The predicted octanol–water partition coefficient (Wildman–Crippen LogP) is 5.56. The number of halogens is 1. The zero-order valence-electron chi connectivity index (χ0n) is 18.3. The van der Waals surface area contributed by atoms with Gasteiger partial charge in [0.2, 0.25) is 0 Å². The first-order chi connectivity index (χ1) is 15.9. The lowest BCUT2D eigenvalue weighted by Crippen LogP contribution is -2.30. The van der Waals surface area contributed by atoms with Gasteiger partial charge in [0.25, 0.3) is 11.8 Å². The van der Waals surface area contributed by atoms with E-state index in [0.717, 1.165) is 5.52 Å². The highest BCUT2D eigenvalue weighted by atomic mass is 32.1. The number of imidazole rings is 1. The summed E-state index contributed by atoms with van der Waals surface area (Å²) in [6.45, 7) is 5.15. The van der Waals surface area contributed by atoms with Crippen LogP contribution in [0.15, 0.2) is 66.7 Å². The maximum absolute atomic E-state index is 13.3. The van der Waals surface area contributed by atoms with Crippen LogP contribution in [0.1, 0.15) is 34.6 Å². The number of amides is 2. The van der Waals surface area contributed by atoms with Crippen molar-refractivity contribution in [3.05, 3.63) is 88.4 Å². The quantitative estimate of drug-likeness (QED) is 0.369. The van der Waals surface area contributed by atoms with Gasteiger partial charge < -0.3 is 15.2 Å². The van der Waals surface area contributed by atoms with Crippen molar-refractivity contribution < 1.29 is 14.0 Å². The van der Waals surface area contributed by atoms with Crippen molar-refractivity contribution in [3.63, 3.8) is 0 Å². The fourth-order valence-electron chi connectivity index (χ4n) is 3.68. The molecule has 4 rings (SSSR count). The number of carbonyl (C=O) groups is 2. The summed E-state index contributed by atoms with van der Waals surface area (Å²) in [6.07, 6.45) is 0. The van der Waals surface area contributed by atoms with E-state index in [9.17, 15) is 14.0 Å². The number of aromatic amines is 1. The van der Waals surface area contributed by atoms with Crippen LogP contribution >= 0.6 is 12.2 Å². The Morgan fingerprint density at radius 3 is 2.24 bits per heavy atom. The summed E-state index contributed by atoms with van der Waals surface area (Å²) >= 11 is 5.43. The molecular weight excluding hydrogens is 439 g/mol. The number of benzene rings is 3. The number of carbonyl (C=O) groups excluding carboxylic acids is 2. The molecule has 8 heteroatoms. The average Bonchev–Trinajstić information content (AvgIpc) is 3.15. The Morgan fingerprint density at radius 1 is 0.970 bits per heavy atom. The van der Waals surface area contributed by atoms with E-state index in [0.29, 0.717) is 45.9 Å². The Labute approximate surface area is 195 Å². The van der Waals surface area contributed by atoms with Gasteiger partial charge in [-0.15, -0.1) is 0 Å². The van der Waals surface area contributed by atoms with E-state index in [1.165, 1.54) is 12.1 Å². The molecule has 1 aromatic heterocycles. The predicted molar refractivity (Wildman–Crippen MR) is 130 cm³/mol. The highest BCUT2D eigenvalue weighted by Gasteiger charge is 2.14. The lowest BCUT2D eigenvalue weighted by Gasteiger charge is -2.18. The van der Waals surface area contributed by atoms with Crippen molar-refractivity contribution in [2.24, 2.45) is 0 Å². The third kappa shape index (κ3) is 4.56. The summed E-state index contributed by atoms with van der Waals surface area (Å²) in [7, 11) is 0. The second kappa shape index (κ2) is 9.38. The average molecular weight is 463 g/mol. The van der Waals surface area contributed by atoms with E-state index in [2.05, 4.69) is 10.3 Å². The number of hydrogen-bond acceptors (Lipinski definition) is 3. The molecule has 168 valence electrons. The van der Waals surface area contributed by atoms with Crippen LogP contribution in [0.5, 0.6) is 0 Å². The molecule has 33 heavy (non-hydrogen) atoms. The van der Waals surface area contributed by atoms with Crippen LogP contribution in [0.2, 0.25) is 0 Å². The maximum atomic E-state index is 13.3. The molecule has 0 unspecified atom stereocenters. The number of aromatic nitrogens is 2. The molecule has 1 heterocycles. The van der Waals surface area contributed by atoms with Crippen molar-refractivity contribution in [2.45, 2.75) is 13.8 Å². The second-order valence-electron chi connectivity index (χ2n) is 7.48. The zero-order valence-corrected chi connectivity index (χ0v) is 19.1. The molecule has 0 aliphatic heterocycles. The molecule has 0 atom stereocenters. The number of hydrogen-bond donors (Lipinski definition) is 2. The molecule has 4 aromatic rings. The van der Waals surface area contributed by atoms with Crippen molar-refractivity contribution >= 4 is 40.8 Å². The molecule has 3 aromatic carbocycles. The smallest absolute Gasteiger partial charge is 0.255 e. The van der Waals surface area contributed by atoms with Gasteiger partial charge in [-0.25, -0.2) is 4.39 Å². The Kier molecular flexibility index (Phi) is 6.37. The van der Waals surface area contributed by atoms with Crippen LogP contribution in [0.4, 0.5) is 10.1 Å². The lowest BCUT2D eigenvalue weighted by molar-refractivity contribution is 0.0773. The third-order valence-corrected chi connectivity index (χ3v) is 5.76. The van der Waals surface area contributed by atoms with Gasteiger partial charge in [0, 0.05) is 35.6 Å². The zero-order chi connectivity index (χ0) is 23.5. The third-order valence-electron chi connectivity index (χ3n) is 5.47. The van der Waals surface area contributed by atoms with Gasteiger partial charge in [-0.1, -0.05) is 0 Å². The number of anilines is 1. The summed E-state index contributed by atoms with van der Waals surface area (Å²) < 4.78 is 15.6. The molecule has 0 aliphatic carbocycles. The fourth-order valence-corrected chi connectivity index (χ4v) is 4.00. The van der Waals surface area contributed by atoms with E-state index in [1.54, 1.807) is 64.1 Å². The Hall–Kier alpha value is -3.78. The van der Waals surface area contributed by atoms with Crippen LogP contribution in [-0.4, -0.2) is 39.4 Å². The topological polar surface area (TPSA) is 70.1 Å². The first-order valence-corrected chi connectivity index (χ1v) is 11.0. The van der Waals surface area contributed by atoms with E-state index < -0.39 is 0 Å². The Balaban J connectivity index is 1.59. The van der Waals surface area contributed by atoms with Gasteiger partial charge in [-0.2, -0.15) is 0 Å². The molecule has 0 saturated carbocycles. The first kappa shape index (κ1) is 22.4. The van der Waals surface area contributed by atoms with Gasteiger partial charge in [0.05, 0.1) is 11.0 Å². The number of H-pyrrole nitrogens is 1. The molecule has 0 aliphatic rings. The van der Waals surface area contributed by atoms with Crippen LogP contribution < -0.4 is 5.32 Å². The number of nitrogens with zero attached hydrogens (tertiary/aromatic N) is 2. The van der Waals surface area contributed by atoms with Crippen LogP contribution in [0.25, 0.3) is 16.7 Å². The SMILES string of the molecule is CCN(CC)C(=O)c1ccc(NC(=O)c2ccc3[nH]c(=S)n(-c4ccc(F)cc4)c3c2)cc1. The molecule has 2 amide bonds. The van der Waals surface area contributed by atoms with Gasteiger partial charge >= 0.3 is 0 Å². The first-order valence-electron chi connectivity index (χ1n) is 10.6. The van der Waals surface area contributed by atoms with Crippen LogP contribution in [-0.2, 0) is 0 Å². The van der Waals surface area contributed by atoms with E-state index in [-0.39, 0.29) is 17.6 Å². The fraction of sp³-hybridized carbons (Fsp3) is 0.160. The summed E-state index contributed by atoms with van der Waals surface area (Å²) in [5.74, 6) is -0.673. The normalized spacial score (nSPS) is 10.9. The minimum absolute atomic E-state index is 0.0409. The minimum atomic E-state index is -0.338. The summed E-state index contributed by atoms with van der Waals surface area (Å²) in [5, 5.41) is 2.86. The van der Waals surface area contributed by atoms with E-state index >= 15 is 0 Å². The van der Waals surface area contributed by atoms with E-state index in [4.69, 9.17) is 12.2 Å². The number of nitrogens with one attached hydrogen (secondary N) is 2. The van der Waals surface area contributed by atoms with E-state index in [1.807, 2.05) is 13.8 Å². The molecule has 0 radical (unpaired) electrons. The van der Waals surface area contributed by atoms with Crippen LogP contribution in [0, 0.1) is 10.6 Å². The maximum Gasteiger partial charge on any atom is 0.255 e. The standard InChI is InChI=1S/C25H23FN4O2S/c1-3-29(4-2)24(32)16-5-10-19(11-6-16)27-23(31)17-7-14-21-22(15-17)30(25(33)28-21)20-12-8-18(26)9-13-20/h5-15H,3-4H2,1-2H3,(H,27,31)(H,28,33). The summed E-state index contributed by atoms with van der Waals surface area (Å²) in [5.41, 5.74) is 3.76. The van der Waals surface area contributed by atoms with Gasteiger partial charge in [-0.3, -0.25) is 14.2 Å². The molecule has 2 N–H and O–H groups in total. The molecular formula is C25H23FN4O2S. The minimum Gasteiger partial charge on any atom is -0.339 e. The van der Waals surface area contributed by atoms with Crippen molar-refractivity contribution in [1.29, 1.82) is 0 Å². The van der Waals surface area contributed by atoms with Crippen LogP contribution in [0.3, 0.4) is 0 Å². The number of rotatable bonds is 6. The van der Waals surface area contributed by atoms with Gasteiger partial charge in [0.1, 0.15) is 5.82 Å². The molecule has 0 bridgehead atoms. The monoisotopic (exact) mass is 462 g/mol. The lowest BCUT2D eigenvalue weighted by atomic mass is 10.1. The second-order valence-corrected chi connectivity index (χ2v) is 7.87. The molecule has 0 saturated heterocycles. The van der Waals surface area contributed by atoms with Gasteiger partial charge in [0.15, 0.2) is 4.77 Å². The van der Waals surface area contributed by atoms with Crippen molar-refractivity contribution in [3.8, 4) is 5.69 Å². The highest BCUT2D eigenvalue weighted by Crippen LogP contribution is 2.22. The van der Waals surface area contributed by atoms with Crippen molar-refractivity contribution in [2.75, 3.05) is 18.4 Å². The number of fused-ring (bicyclic) bond motifs is 1. The van der Waals surface area contributed by atoms with Gasteiger partial charge in [-0.05, 0) is 92.8 Å². The highest BCUT2D eigenvalue weighted by molar-refractivity contribution is 7.71. The Morgan fingerprint density at radius 2 is 1.61 bits per heavy atom. The largest absolute Gasteiger partial charge is 0.339 e. The Bertz CT molecular complexity index is 1370. The summed E-state index contributed by atoms with van der Waals surface area (Å²) in [6, 6.07) is 18.0. The molecule has 6 nitrogen and oxygen atoms in total. The molecule has 0 fully saturated rings. The van der Waals surface area contributed by atoms with Crippen molar-refractivity contribution in [1.82, 2.24) is 14.5 Å². The molecule has 0 spiro atoms.